The van der Waals surface area contributed by atoms with E-state index < -0.39 is 22.1 Å². The Labute approximate surface area is 91.7 Å². The first kappa shape index (κ1) is 12.6. The van der Waals surface area contributed by atoms with Crippen molar-refractivity contribution in [3.63, 3.8) is 0 Å². The molecule has 0 aliphatic carbocycles. The Morgan fingerprint density at radius 3 is 2.88 bits per heavy atom. The molecule has 1 aromatic rings. The van der Waals surface area contributed by atoms with Crippen molar-refractivity contribution in [2.24, 2.45) is 0 Å². The molecule has 3 N–H and O–H groups in total. The molecule has 1 rings (SSSR count). The second kappa shape index (κ2) is 5.05. The van der Waals surface area contributed by atoms with Crippen molar-refractivity contribution in [1.29, 1.82) is 0 Å². The van der Waals surface area contributed by atoms with Crippen molar-refractivity contribution < 1.29 is 23.1 Å². The quantitative estimate of drug-likeness (QED) is 0.581. The minimum absolute atomic E-state index is 0.0623. The molecule has 0 saturated carbocycles. The molecule has 90 valence electrons. The molecule has 16 heavy (non-hydrogen) atoms. The van der Waals surface area contributed by atoms with Gasteiger partial charge >= 0.3 is 5.97 Å². The van der Waals surface area contributed by atoms with Crippen molar-refractivity contribution in [2.75, 3.05) is 13.7 Å². The molecule has 0 saturated heterocycles. The molecule has 1 atom stereocenters. The maximum atomic E-state index is 11.5. The number of carbonyl (C=O) groups is 1. The highest BCUT2D eigenvalue weighted by Gasteiger charge is 2.21. The zero-order valence-corrected chi connectivity index (χ0v) is 9.19. The smallest absolute Gasteiger partial charge is 0.334 e. The van der Waals surface area contributed by atoms with E-state index in [0.717, 1.165) is 6.20 Å². The van der Waals surface area contributed by atoms with Gasteiger partial charge in [0.05, 0.1) is 6.20 Å². The zero-order chi connectivity index (χ0) is 12.2. The predicted octanol–water partition coefficient (Wildman–Crippen LogP) is -1.21. The second-order valence-corrected chi connectivity index (χ2v) is 4.62. The van der Waals surface area contributed by atoms with Crippen LogP contribution in [0.25, 0.3) is 0 Å². The third-order valence-electron chi connectivity index (χ3n) is 1.80. The number of aromatic nitrogens is 2. The summed E-state index contributed by atoms with van der Waals surface area (Å²) in [6.07, 6.45) is 1.08. The SMILES string of the molecule is COC(CNS(=O)(=O)c1cn[nH]c1)C(=O)O. The number of aromatic amines is 1. The molecule has 0 aromatic carbocycles. The second-order valence-electron chi connectivity index (χ2n) is 2.85. The summed E-state index contributed by atoms with van der Waals surface area (Å²) >= 11 is 0. The molecule has 9 heteroatoms. The third kappa shape index (κ3) is 3.02. The topological polar surface area (TPSA) is 121 Å². The summed E-state index contributed by atoms with van der Waals surface area (Å²) < 4.78 is 29.7. The number of carboxylic acids is 1. The van der Waals surface area contributed by atoms with Crippen LogP contribution >= 0.6 is 0 Å². The number of aliphatic carboxylic acids is 1. The fraction of sp³-hybridized carbons (Fsp3) is 0.429. The van der Waals surface area contributed by atoms with Crippen molar-refractivity contribution in [1.82, 2.24) is 14.9 Å². The van der Waals surface area contributed by atoms with E-state index >= 15 is 0 Å². The monoisotopic (exact) mass is 249 g/mol. The van der Waals surface area contributed by atoms with Crippen LogP contribution in [-0.2, 0) is 19.6 Å². The van der Waals surface area contributed by atoms with Crippen LogP contribution in [0.2, 0.25) is 0 Å². The molecule has 0 aliphatic heterocycles. The number of nitrogens with one attached hydrogen (secondary N) is 2. The van der Waals surface area contributed by atoms with Crippen molar-refractivity contribution in [3.05, 3.63) is 12.4 Å². The standard InChI is InChI=1S/C7H11N3O5S/c1-15-6(7(11)12)4-10-16(13,14)5-2-8-9-3-5/h2-3,6,10H,4H2,1H3,(H,8,9)(H,11,12). The maximum Gasteiger partial charge on any atom is 0.334 e. The van der Waals surface area contributed by atoms with Crippen LogP contribution in [0.5, 0.6) is 0 Å². The van der Waals surface area contributed by atoms with Gasteiger partial charge in [0, 0.05) is 19.9 Å². The Balaban J connectivity index is 2.65. The van der Waals surface area contributed by atoms with Crippen LogP contribution in [-0.4, -0.2) is 49.4 Å². The van der Waals surface area contributed by atoms with E-state index in [2.05, 4.69) is 19.7 Å². The summed E-state index contributed by atoms with van der Waals surface area (Å²) in [5, 5.41) is 14.4. The number of H-pyrrole nitrogens is 1. The van der Waals surface area contributed by atoms with Gasteiger partial charge in [-0.05, 0) is 0 Å². The lowest BCUT2D eigenvalue weighted by molar-refractivity contribution is -0.147. The molecule has 0 amide bonds. The van der Waals surface area contributed by atoms with Crippen LogP contribution in [0.15, 0.2) is 17.3 Å². The molecule has 1 heterocycles. The fourth-order valence-corrected chi connectivity index (χ4v) is 1.86. The molecule has 1 aromatic heterocycles. The molecular weight excluding hydrogens is 238 g/mol. The number of hydrogen-bond donors (Lipinski definition) is 3. The molecular formula is C7H11N3O5S. The summed E-state index contributed by atoms with van der Waals surface area (Å²) in [4.78, 5) is 10.5. The van der Waals surface area contributed by atoms with E-state index in [-0.39, 0.29) is 11.4 Å². The van der Waals surface area contributed by atoms with Crippen molar-refractivity contribution in [2.45, 2.75) is 11.0 Å². The Hall–Kier alpha value is -1.45. The highest BCUT2D eigenvalue weighted by molar-refractivity contribution is 7.89. The van der Waals surface area contributed by atoms with Gasteiger partial charge in [-0.3, -0.25) is 5.10 Å². The largest absolute Gasteiger partial charge is 0.479 e. The van der Waals surface area contributed by atoms with Gasteiger partial charge in [-0.1, -0.05) is 0 Å². The minimum Gasteiger partial charge on any atom is -0.479 e. The van der Waals surface area contributed by atoms with Gasteiger partial charge in [-0.2, -0.15) is 5.10 Å². The van der Waals surface area contributed by atoms with E-state index in [4.69, 9.17) is 5.11 Å². The van der Waals surface area contributed by atoms with Gasteiger partial charge in [0.2, 0.25) is 10.0 Å². The van der Waals surface area contributed by atoms with Crippen LogP contribution in [0.3, 0.4) is 0 Å². The average Bonchev–Trinajstić information content (AvgIpc) is 2.71. The summed E-state index contributed by atoms with van der Waals surface area (Å²) in [6.45, 7) is -0.348. The Morgan fingerprint density at radius 2 is 2.44 bits per heavy atom. The van der Waals surface area contributed by atoms with E-state index in [1.165, 1.54) is 13.3 Å². The molecule has 0 bridgehead atoms. The lowest BCUT2D eigenvalue weighted by atomic mass is 10.4. The minimum atomic E-state index is -3.74. The van der Waals surface area contributed by atoms with E-state index in [1.807, 2.05) is 0 Å². The summed E-state index contributed by atoms with van der Waals surface area (Å²) in [5.74, 6) is -1.24. The summed E-state index contributed by atoms with van der Waals surface area (Å²) in [7, 11) is -2.56. The van der Waals surface area contributed by atoms with Gasteiger partial charge in [0.15, 0.2) is 6.10 Å². The molecule has 0 radical (unpaired) electrons. The molecule has 8 nitrogen and oxygen atoms in total. The Morgan fingerprint density at radius 1 is 1.75 bits per heavy atom. The van der Waals surface area contributed by atoms with Crippen molar-refractivity contribution >= 4 is 16.0 Å². The van der Waals surface area contributed by atoms with Gasteiger partial charge in [-0.15, -0.1) is 0 Å². The van der Waals surface area contributed by atoms with Crippen LogP contribution < -0.4 is 4.72 Å². The van der Waals surface area contributed by atoms with E-state index in [9.17, 15) is 13.2 Å². The number of sulfonamides is 1. The number of methoxy groups -OCH3 is 1. The molecule has 0 spiro atoms. The highest BCUT2D eigenvalue weighted by Crippen LogP contribution is 2.04. The Bertz CT molecular complexity index is 441. The third-order valence-corrected chi connectivity index (χ3v) is 3.19. The maximum absolute atomic E-state index is 11.5. The first-order valence-corrected chi connectivity index (χ1v) is 5.69. The van der Waals surface area contributed by atoms with Crippen LogP contribution in [0.1, 0.15) is 0 Å². The lowest BCUT2D eigenvalue weighted by Crippen LogP contribution is -2.37. The van der Waals surface area contributed by atoms with Gasteiger partial charge in [0.1, 0.15) is 4.90 Å². The van der Waals surface area contributed by atoms with Crippen molar-refractivity contribution in [3.8, 4) is 0 Å². The van der Waals surface area contributed by atoms with Gasteiger partial charge in [0.25, 0.3) is 0 Å². The number of ether oxygens (including phenoxy) is 1. The Kier molecular flexibility index (Phi) is 3.99. The average molecular weight is 249 g/mol. The summed E-state index contributed by atoms with van der Waals surface area (Å²) in [6, 6.07) is 0. The van der Waals surface area contributed by atoms with E-state index in [0.29, 0.717) is 0 Å². The number of rotatable bonds is 6. The van der Waals surface area contributed by atoms with Crippen LogP contribution in [0.4, 0.5) is 0 Å². The molecule has 0 fully saturated rings. The number of hydrogen-bond acceptors (Lipinski definition) is 5. The van der Waals surface area contributed by atoms with Gasteiger partial charge < -0.3 is 9.84 Å². The molecule has 1 unspecified atom stereocenters. The first-order chi connectivity index (χ1) is 7.47. The lowest BCUT2D eigenvalue weighted by Gasteiger charge is -2.10. The van der Waals surface area contributed by atoms with Gasteiger partial charge in [-0.25, -0.2) is 17.9 Å². The first-order valence-electron chi connectivity index (χ1n) is 4.21. The summed E-state index contributed by atoms with van der Waals surface area (Å²) in [5.41, 5.74) is 0. The molecule has 0 aliphatic rings. The van der Waals surface area contributed by atoms with Crippen LogP contribution in [0, 0.1) is 0 Å². The zero-order valence-electron chi connectivity index (χ0n) is 8.37. The fourth-order valence-electron chi connectivity index (χ4n) is 0.926. The predicted molar refractivity (Wildman–Crippen MR) is 52.2 cm³/mol. The number of nitrogens with zero attached hydrogens (tertiary/aromatic N) is 1. The highest BCUT2D eigenvalue weighted by atomic mass is 32.2. The number of carboxylic acid groups (broad SMARTS) is 1. The van der Waals surface area contributed by atoms with E-state index in [1.54, 1.807) is 0 Å². The normalized spacial score (nSPS) is 13.6.